The molecule has 0 spiro atoms. The van der Waals surface area contributed by atoms with Crippen LogP contribution in [-0.2, 0) is 19.1 Å². The molecule has 28 heavy (non-hydrogen) atoms. The Bertz CT molecular complexity index is 805. The third kappa shape index (κ3) is 3.99. The Kier molecular flexibility index (Phi) is 5.67. The van der Waals surface area contributed by atoms with Crippen molar-refractivity contribution in [2.75, 3.05) is 19.7 Å². The van der Waals surface area contributed by atoms with Crippen molar-refractivity contribution in [1.82, 2.24) is 4.90 Å². The van der Waals surface area contributed by atoms with Crippen LogP contribution in [0.5, 0.6) is 0 Å². The van der Waals surface area contributed by atoms with Crippen molar-refractivity contribution >= 4 is 16.0 Å². The summed E-state index contributed by atoms with van der Waals surface area (Å²) in [5.74, 6) is 0.795. The molecule has 0 aromatic heterocycles. The second-order valence-corrected chi connectivity index (χ2v) is 11.1. The van der Waals surface area contributed by atoms with Gasteiger partial charge in [0.2, 0.25) is 5.91 Å². The van der Waals surface area contributed by atoms with Crippen LogP contribution < -0.4 is 0 Å². The number of piperidine rings is 1. The summed E-state index contributed by atoms with van der Waals surface area (Å²) < 4.78 is 29.7. The number of likely N-dealkylation sites (tertiary alicyclic amines) is 1. The highest BCUT2D eigenvalue weighted by molar-refractivity contribution is 7.86. The molecule has 156 valence electrons. The van der Waals surface area contributed by atoms with Crippen molar-refractivity contribution in [2.45, 2.75) is 58.8 Å². The van der Waals surface area contributed by atoms with E-state index in [0.29, 0.717) is 12.3 Å². The van der Waals surface area contributed by atoms with Crippen LogP contribution in [0.3, 0.4) is 0 Å². The molecule has 1 aromatic rings. The van der Waals surface area contributed by atoms with Crippen LogP contribution in [-0.4, -0.2) is 38.9 Å². The van der Waals surface area contributed by atoms with Gasteiger partial charge in [-0.05, 0) is 55.1 Å². The van der Waals surface area contributed by atoms with Gasteiger partial charge < -0.3 is 4.90 Å². The first-order valence-corrected chi connectivity index (χ1v) is 11.6. The number of carbonyl (C=O) groups is 1. The SMILES string of the molecule is Cc1ccc(S(=O)(=O)OCCC2CCN(C(=O)C3C(C)(C)C3(C)C)CC2)cc1. The molecule has 2 aliphatic rings. The molecule has 0 radical (unpaired) electrons. The van der Waals surface area contributed by atoms with Gasteiger partial charge in [0.25, 0.3) is 10.1 Å². The first kappa shape index (κ1) is 21.3. The first-order valence-electron chi connectivity index (χ1n) is 10.2. The van der Waals surface area contributed by atoms with E-state index in [4.69, 9.17) is 4.18 Å². The Balaban J connectivity index is 1.44. The van der Waals surface area contributed by atoms with Crippen molar-refractivity contribution in [3.05, 3.63) is 29.8 Å². The highest BCUT2D eigenvalue weighted by Gasteiger charge is 2.68. The predicted octanol–water partition coefficient (Wildman–Crippen LogP) is 4.01. The molecule has 1 saturated heterocycles. The number of amides is 1. The van der Waals surface area contributed by atoms with Crippen LogP contribution in [0, 0.1) is 29.6 Å². The van der Waals surface area contributed by atoms with E-state index in [2.05, 4.69) is 27.7 Å². The van der Waals surface area contributed by atoms with Crippen molar-refractivity contribution < 1.29 is 17.4 Å². The lowest BCUT2D eigenvalue weighted by atomic mass is 9.93. The number of hydrogen-bond donors (Lipinski definition) is 0. The fourth-order valence-electron chi connectivity index (χ4n) is 4.54. The van der Waals surface area contributed by atoms with Crippen molar-refractivity contribution in [3.63, 3.8) is 0 Å². The number of benzene rings is 1. The summed E-state index contributed by atoms with van der Waals surface area (Å²) in [6.45, 7) is 12.3. The van der Waals surface area contributed by atoms with E-state index in [0.717, 1.165) is 31.5 Å². The van der Waals surface area contributed by atoms with Gasteiger partial charge in [-0.1, -0.05) is 45.4 Å². The van der Waals surface area contributed by atoms with Crippen LogP contribution in [0.1, 0.15) is 52.5 Å². The molecule has 1 aromatic carbocycles. The number of rotatable bonds is 6. The molecule has 0 bridgehead atoms. The lowest BCUT2D eigenvalue weighted by Crippen LogP contribution is -2.40. The smallest absolute Gasteiger partial charge is 0.296 e. The molecule has 6 heteroatoms. The summed E-state index contributed by atoms with van der Waals surface area (Å²) in [6.07, 6.45) is 2.52. The minimum absolute atomic E-state index is 0.0686. The van der Waals surface area contributed by atoms with Crippen LogP contribution in [0.15, 0.2) is 29.2 Å². The predicted molar refractivity (Wildman–Crippen MR) is 109 cm³/mol. The Morgan fingerprint density at radius 3 is 2.11 bits per heavy atom. The molecule has 1 aliphatic heterocycles. The Hall–Kier alpha value is -1.40. The molecule has 5 nitrogen and oxygen atoms in total. The number of carbonyl (C=O) groups excluding carboxylic acids is 1. The van der Waals surface area contributed by atoms with E-state index >= 15 is 0 Å². The standard InChI is InChI=1S/C22H33NO4S/c1-16-6-8-18(9-7-16)28(25,26)27-15-12-17-10-13-23(14-11-17)20(24)19-21(2,3)22(19,4)5/h6-9,17,19H,10-15H2,1-5H3. The fraction of sp³-hybridized carbons (Fsp3) is 0.682. The van der Waals surface area contributed by atoms with Gasteiger partial charge in [-0.15, -0.1) is 0 Å². The van der Waals surface area contributed by atoms with E-state index in [1.165, 1.54) is 0 Å². The third-order valence-corrected chi connectivity index (χ3v) is 8.59. The zero-order chi connectivity index (χ0) is 20.7. The topological polar surface area (TPSA) is 63.7 Å². The van der Waals surface area contributed by atoms with E-state index in [-0.39, 0.29) is 34.2 Å². The average molecular weight is 408 g/mol. The Morgan fingerprint density at radius 1 is 1.07 bits per heavy atom. The average Bonchev–Trinajstić information content (AvgIpc) is 3.04. The van der Waals surface area contributed by atoms with E-state index in [1.807, 2.05) is 11.8 Å². The van der Waals surface area contributed by atoms with E-state index in [1.54, 1.807) is 24.3 Å². The first-order chi connectivity index (χ1) is 13.0. The van der Waals surface area contributed by atoms with Crippen molar-refractivity contribution in [1.29, 1.82) is 0 Å². The van der Waals surface area contributed by atoms with Gasteiger partial charge in [-0.25, -0.2) is 0 Å². The minimum Gasteiger partial charge on any atom is -0.342 e. The highest BCUT2D eigenvalue weighted by atomic mass is 32.2. The van der Waals surface area contributed by atoms with Gasteiger partial charge in [0.15, 0.2) is 0 Å². The Morgan fingerprint density at radius 2 is 1.61 bits per heavy atom. The lowest BCUT2D eigenvalue weighted by Gasteiger charge is -2.32. The van der Waals surface area contributed by atoms with Gasteiger partial charge in [0.05, 0.1) is 11.5 Å². The van der Waals surface area contributed by atoms with Crippen molar-refractivity contribution in [2.24, 2.45) is 22.7 Å². The summed E-state index contributed by atoms with van der Waals surface area (Å²) in [5, 5.41) is 0. The molecule has 1 saturated carbocycles. The monoisotopic (exact) mass is 407 g/mol. The molecule has 0 N–H and O–H groups in total. The molecule has 1 heterocycles. The number of hydrogen-bond acceptors (Lipinski definition) is 4. The maximum Gasteiger partial charge on any atom is 0.296 e. The zero-order valence-corrected chi connectivity index (χ0v) is 18.5. The highest BCUT2D eigenvalue weighted by Crippen LogP contribution is 2.68. The third-order valence-electron chi connectivity index (χ3n) is 7.27. The summed E-state index contributed by atoms with van der Waals surface area (Å²) >= 11 is 0. The van der Waals surface area contributed by atoms with E-state index in [9.17, 15) is 13.2 Å². The quantitative estimate of drug-likeness (QED) is 0.669. The number of nitrogens with zero attached hydrogens (tertiary/aromatic N) is 1. The fourth-order valence-corrected chi connectivity index (χ4v) is 5.46. The molecule has 1 aliphatic carbocycles. The van der Waals surface area contributed by atoms with Crippen LogP contribution in [0.2, 0.25) is 0 Å². The number of aryl methyl sites for hydroxylation is 1. The molecule has 0 atom stereocenters. The summed E-state index contributed by atoms with van der Waals surface area (Å²) in [5.41, 5.74) is 1.15. The molecule has 3 rings (SSSR count). The van der Waals surface area contributed by atoms with Gasteiger partial charge in [0, 0.05) is 19.0 Å². The van der Waals surface area contributed by atoms with E-state index < -0.39 is 10.1 Å². The normalized spacial score (nSPS) is 22.2. The molecular formula is C22H33NO4S. The molecule has 2 fully saturated rings. The largest absolute Gasteiger partial charge is 0.342 e. The Labute approximate surface area is 169 Å². The molecule has 1 amide bonds. The second-order valence-electron chi connectivity index (χ2n) is 9.52. The van der Waals surface area contributed by atoms with Crippen LogP contribution in [0.25, 0.3) is 0 Å². The summed E-state index contributed by atoms with van der Waals surface area (Å²) in [7, 11) is -3.70. The lowest BCUT2D eigenvalue weighted by molar-refractivity contribution is -0.135. The van der Waals surface area contributed by atoms with Gasteiger partial charge in [0.1, 0.15) is 0 Å². The zero-order valence-electron chi connectivity index (χ0n) is 17.7. The van der Waals surface area contributed by atoms with Crippen molar-refractivity contribution in [3.8, 4) is 0 Å². The second kappa shape index (κ2) is 7.45. The van der Waals surface area contributed by atoms with Gasteiger partial charge in [-0.3, -0.25) is 8.98 Å². The summed E-state index contributed by atoms with van der Waals surface area (Å²) in [6, 6.07) is 6.70. The van der Waals surface area contributed by atoms with Crippen LogP contribution in [0.4, 0.5) is 0 Å². The minimum atomic E-state index is -3.70. The summed E-state index contributed by atoms with van der Waals surface area (Å²) in [4.78, 5) is 15.1. The van der Waals surface area contributed by atoms with Gasteiger partial charge in [-0.2, -0.15) is 8.42 Å². The van der Waals surface area contributed by atoms with Crippen LogP contribution >= 0.6 is 0 Å². The maximum absolute atomic E-state index is 12.8. The molecular weight excluding hydrogens is 374 g/mol. The van der Waals surface area contributed by atoms with Gasteiger partial charge >= 0.3 is 0 Å². The molecule has 0 unspecified atom stereocenters. The maximum atomic E-state index is 12.8.